The minimum Gasteiger partial charge on any atom is -0.444 e. The topological polar surface area (TPSA) is 50.8 Å². The van der Waals surface area contributed by atoms with E-state index in [1.165, 1.54) is 12.1 Å². The molecule has 1 saturated heterocycles. The van der Waals surface area contributed by atoms with Gasteiger partial charge in [-0.25, -0.2) is 9.18 Å². The van der Waals surface area contributed by atoms with Crippen LogP contribution in [0.3, 0.4) is 0 Å². The van der Waals surface area contributed by atoms with Gasteiger partial charge in [-0.1, -0.05) is 0 Å². The summed E-state index contributed by atoms with van der Waals surface area (Å²) in [6.45, 7) is 6.60. The first-order chi connectivity index (χ1) is 10.8. The van der Waals surface area contributed by atoms with E-state index in [0.717, 1.165) is 12.1 Å². The number of piperidine rings is 1. The van der Waals surface area contributed by atoms with Crippen molar-refractivity contribution in [3.8, 4) is 0 Å². The Morgan fingerprint density at radius 3 is 2.52 bits per heavy atom. The number of likely N-dealkylation sites (tertiary alicyclic amines) is 1. The number of benzene rings is 1. The number of nitrogens with one attached hydrogen (secondary N) is 1. The lowest BCUT2D eigenvalue weighted by Crippen LogP contribution is -2.53. The molecule has 1 amide bonds. The third kappa shape index (κ3) is 5.10. The van der Waals surface area contributed by atoms with Crippen LogP contribution in [0.2, 0.25) is 0 Å². The van der Waals surface area contributed by atoms with Crippen molar-refractivity contribution < 1.29 is 18.7 Å². The van der Waals surface area contributed by atoms with Crippen molar-refractivity contribution in [3.63, 3.8) is 0 Å². The van der Waals surface area contributed by atoms with E-state index >= 15 is 0 Å². The molecule has 1 fully saturated rings. The Morgan fingerprint density at radius 1 is 1.30 bits per heavy atom. The van der Waals surface area contributed by atoms with Crippen molar-refractivity contribution in [2.75, 3.05) is 25.5 Å². The molecule has 1 aliphatic heterocycles. The third-order valence-corrected chi connectivity index (χ3v) is 3.71. The average Bonchev–Trinajstić information content (AvgIpc) is 2.48. The van der Waals surface area contributed by atoms with Gasteiger partial charge in [-0.05, 0) is 51.5 Å². The third-order valence-electron chi connectivity index (χ3n) is 3.71. The van der Waals surface area contributed by atoms with Crippen molar-refractivity contribution in [2.45, 2.75) is 44.9 Å². The fraction of sp³-hybridized carbons (Fsp3) is 0.588. The molecular weight excluding hydrogens is 299 g/mol. The van der Waals surface area contributed by atoms with Gasteiger partial charge in [0.2, 0.25) is 0 Å². The monoisotopic (exact) mass is 324 g/mol. The summed E-state index contributed by atoms with van der Waals surface area (Å²) >= 11 is 0. The molecule has 1 aromatic carbocycles. The van der Waals surface area contributed by atoms with E-state index in [1.54, 1.807) is 24.1 Å². The molecule has 6 heteroatoms. The molecule has 1 aliphatic rings. The quantitative estimate of drug-likeness (QED) is 0.927. The maximum Gasteiger partial charge on any atom is 0.410 e. The maximum atomic E-state index is 13.0. The molecule has 0 unspecified atom stereocenters. The van der Waals surface area contributed by atoms with Crippen LogP contribution in [0.5, 0.6) is 0 Å². The van der Waals surface area contributed by atoms with Gasteiger partial charge in [0.1, 0.15) is 11.4 Å². The minimum atomic E-state index is -0.511. The van der Waals surface area contributed by atoms with Gasteiger partial charge in [0, 0.05) is 19.3 Å². The summed E-state index contributed by atoms with van der Waals surface area (Å²) in [5, 5.41) is 3.35. The summed E-state index contributed by atoms with van der Waals surface area (Å²) in [5.74, 6) is -0.265. The SMILES string of the molecule is CO[C@@H]1CN(C(=O)OC(C)(C)C)CC[C@H]1Nc1ccc(F)cc1. The first kappa shape index (κ1) is 17.5. The van der Waals surface area contributed by atoms with Crippen molar-refractivity contribution in [1.29, 1.82) is 0 Å². The van der Waals surface area contributed by atoms with Crippen molar-refractivity contribution in [3.05, 3.63) is 30.1 Å². The van der Waals surface area contributed by atoms with Crippen LogP contribution in [0.4, 0.5) is 14.9 Å². The second-order valence-corrected chi connectivity index (χ2v) is 6.75. The first-order valence-corrected chi connectivity index (χ1v) is 7.81. The highest BCUT2D eigenvalue weighted by Gasteiger charge is 2.33. The van der Waals surface area contributed by atoms with Gasteiger partial charge >= 0.3 is 6.09 Å². The number of rotatable bonds is 3. The number of amides is 1. The van der Waals surface area contributed by atoms with Crippen LogP contribution in [0.25, 0.3) is 0 Å². The highest BCUT2D eigenvalue weighted by molar-refractivity contribution is 5.68. The molecule has 2 rings (SSSR count). The Kier molecular flexibility index (Phi) is 5.46. The highest BCUT2D eigenvalue weighted by atomic mass is 19.1. The highest BCUT2D eigenvalue weighted by Crippen LogP contribution is 2.21. The van der Waals surface area contributed by atoms with E-state index in [-0.39, 0.29) is 24.1 Å². The van der Waals surface area contributed by atoms with Gasteiger partial charge in [-0.3, -0.25) is 0 Å². The van der Waals surface area contributed by atoms with Gasteiger partial charge < -0.3 is 19.7 Å². The van der Waals surface area contributed by atoms with E-state index in [2.05, 4.69) is 5.32 Å². The van der Waals surface area contributed by atoms with Gasteiger partial charge in [-0.15, -0.1) is 0 Å². The summed E-state index contributed by atoms with van der Waals surface area (Å²) in [4.78, 5) is 13.8. The smallest absolute Gasteiger partial charge is 0.410 e. The molecule has 2 atom stereocenters. The molecule has 0 aliphatic carbocycles. The number of methoxy groups -OCH3 is 1. The Bertz CT molecular complexity index is 528. The molecular formula is C17H25FN2O3. The van der Waals surface area contributed by atoms with Gasteiger partial charge in [-0.2, -0.15) is 0 Å². The van der Waals surface area contributed by atoms with Crippen LogP contribution in [0.15, 0.2) is 24.3 Å². The summed E-state index contributed by atoms with van der Waals surface area (Å²) in [6.07, 6.45) is 0.260. The van der Waals surface area contributed by atoms with E-state index in [0.29, 0.717) is 13.1 Å². The molecule has 0 bridgehead atoms. The fourth-order valence-electron chi connectivity index (χ4n) is 2.57. The van der Waals surface area contributed by atoms with Crippen LogP contribution >= 0.6 is 0 Å². The number of ether oxygens (including phenoxy) is 2. The predicted molar refractivity (Wildman–Crippen MR) is 87.0 cm³/mol. The summed E-state index contributed by atoms with van der Waals surface area (Å²) in [6, 6.07) is 6.29. The molecule has 1 heterocycles. The molecule has 0 aromatic heterocycles. The van der Waals surface area contributed by atoms with Crippen LogP contribution in [0, 0.1) is 5.82 Å². The lowest BCUT2D eigenvalue weighted by atomic mass is 10.0. The standard InChI is InChI=1S/C17H25FN2O3/c1-17(2,3)23-16(21)20-10-9-14(15(11-20)22-4)19-13-7-5-12(18)6-8-13/h5-8,14-15,19H,9-11H2,1-4H3/t14-,15-/m1/s1. The molecule has 0 radical (unpaired) electrons. The molecule has 0 spiro atoms. The Balaban J connectivity index is 1.96. The van der Waals surface area contributed by atoms with Crippen LogP contribution in [-0.2, 0) is 9.47 Å². The zero-order valence-electron chi connectivity index (χ0n) is 14.1. The number of hydrogen-bond donors (Lipinski definition) is 1. The van der Waals surface area contributed by atoms with E-state index < -0.39 is 5.60 Å². The average molecular weight is 324 g/mol. The van der Waals surface area contributed by atoms with Gasteiger partial charge in [0.05, 0.1) is 18.7 Å². The minimum absolute atomic E-state index is 0.0594. The second-order valence-electron chi connectivity index (χ2n) is 6.75. The normalized spacial score (nSPS) is 21.9. The number of nitrogens with zero attached hydrogens (tertiary/aromatic N) is 1. The Hall–Kier alpha value is -1.82. The second kappa shape index (κ2) is 7.17. The van der Waals surface area contributed by atoms with Crippen LogP contribution < -0.4 is 5.32 Å². The molecule has 0 saturated carbocycles. The zero-order valence-corrected chi connectivity index (χ0v) is 14.1. The first-order valence-electron chi connectivity index (χ1n) is 7.81. The largest absolute Gasteiger partial charge is 0.444 e. The van der Waals surface area contributed by atoms with Gasteiger partial charge in [0.15, 0.2) is 0 Å². The van der Waals surface area contributed by atoms with Crippen molar-refractivity contribution in [1.82, 2.24) is 4.90 Å². The molecule has 5 nitrogen and oxygen atoms in total. The fourth-order valence-corrected chi connectivity index (χ4v) is 2.57. The molecule has 1 aromatic rings. The van der Waals surface area contributed by atoms with Gasteiger partial charge in [0.25, 0.3) is 0 Å². The summed E-state index contributed by atoms with van der Waals surface area (Å²) in [7, 11) is 1.63. The zero-order chi connectivity index (χ0) is 17.0. The number of hydrogen-bond acceptors (Lipinski definition) is 4. The number of carbonyl (C=O) groups excluding carboxylic acids is 1. The Morgan fingerprint density at radius 2 is 1.96 bits per heavy atom. The molecule has 128 valence electrons. The van der Waals surface area contributed by atoms with E-state index in [9.17, 15) is 9.18 Å². The number of halogens is 1. The summed E-state index contributed by atoms with van der Waals surface area (Å²) in [5.41, 5.74) is 0.326. The van der Waals surface area contributed by atoms with E-state index in [1.807, 2.05) is 20.8 Å². The lowest BCUT2D eigenvalue weighted by Gasteiger charge is -2.38. The predicted octanol–water partition coefficient (Wildman–Crippen LogP) is 3.26. The molecule has 1 N–H and O–H groups in total. The van der Waals surface area contributed by atoms with Crippen LogP contribution in [-0.4, -0.2) is 48.9 Å². The maximum absolute atomic E-state index is 13.0. The number of anilines is 1. The van der Waals surface area contributed by atoms with Crippen molar-refractivity contribution in [2.24, 2.45) is 0 Å². The van der Waals surface area contributed by atoms with Crippen molar-refractivity contribution >= 4 is 11.8 Å². The van der Waals surface area contributed by atoms with E-state index in [4.69, 9.17) is 9.47 Å². The molecule has 23 heavy (non-hydrogen) atoms. The van der Waals surface area contributed by atoms with Crippen LogP contribution in [0.1, 0.15) is 27.2 Å². The lowest BCUT2D eigenvalue weighted by molar-refractivity contribution is -0.0101. The Labute approximate surface area is 136 Å². The summed E-state index contributed by atoms with van der Waals surface area (Å²) < 4.78 is 23.9. The number of carbonyl (C=O) groups is 1.